The lowest BCUT2D eigenvalue weighted by molar-refractivity contribution is 0.0428. The lowest BCUT2D eigenvalue weighted by atomic mass is 10.0. The first-order valence-corrected chi connectivity index (χ1v) is 14.0. The van der Waals surface area contributed by atoms with Gasteiger partial charge in [0.15, 0.2) is 5.69 Å². The standard InChI is InChI=1S/C29H42N6O4/c1-5-9-12-21(8-4)20-39-29(38)22-13-15-23(16-14-22)33-34-26-25(31-17-10-6-2)24(19-30)27(36)35(28(26)37)32-18-11-7-3/h13-16,21,31-32,36H,5-12,17-18,20H2,1-4H3. The number of hydrogen-bond donors (Lipinski definition) is 3. The Morgan fingerprint density at radius 1 is 1.05 bits per heavy atom. The Morgan fingerprint density at radius 2 is 1.72 bits per heavy atom. The van der Waals surface area contributed by atoms with Gasteiger partial charge in [-0.1, -0.05) is 59.8 Å². The van der Waals surface area contributed by atoms with Crippen LogP contribution in [0.15, 0.2) is 39.3 Å². The van der Waals surface area contributed by atoms with Crippen LogP contribution >= 0.6 is 0 Å². The molecule has 39 heavy (non-hydrogen) atoms. The largest absolute Gasteiger partial charge is 0.492 e. The lowest BCUT2D eigenvalue weighted by Gasteiger charge is -2.17. The molecule has 1 aromatic heterocycles. The molecule has 0 aliphatic carbocycles. The Balaban J connectivity index is 2.30. The summed E-state index contributed by atoms with van der Waals surface area (Å²) in [6, 6.07) is 8.41. The topological polar surface area (TPSA) is 141 Å². The first-order chi connectivity index (χ1) is 18.9. The zero-order valence-electron chi connectivity index (χ0n) is 23.6. The summed E-state index contributed by atoms with van der Waals surface area (Å²) in [5.74, 6) is -0.514. The number of nitrogens with zero attached hydrogens (tertiary/aromatic N) is 4. The second kappa shape index (κ2) is 16.9. The molecule has 0 saturated carbocycles. The number of azo groups is 1. The Labute approximate surface area is 231 Å². The van der Waals surface area contributed by atoms with Crippen molar-refractivity contribution in [2.24, 2.45) is 16.1 Å². The number of nitrogens with one attached hydrogen (secondary N) is 2. The normalized spacial score (nSPS) is 11.8. The molecule has 0 aliphatic heterocycles. The van der Waals surface area contributed by atoms with Crippen LogP contribution in [0.4, 0.5) is 17.1 Å². The highest BCUT2D eigenvalue weighted by molar-refractivity contribution is 5.89. The lowest BCUT2D eigenvalue weighted by Crippen LogP contribution is -2.30. The summed E-state index contributed by atoms with van der Waals surface area (Å²) in [4.78, 5) is 25.8. The number of unbranched alkanes of at least 4 members (excludes halogenated alkanes) is 3. The minimum absolute atomic E-state index is 0.0916. The van der Waals surface area contributed by atoms with Crippen molar-refractivity contribution in [2.45, 2.75) is 79.1 Å². The van der Waals surface area contributed by atoms with Crippen molar-refractivity contribution in [2.75, 3.05) is 30.4 Å². The minimum atomic E-state index is -0.626. The zero-order valence-corrected chi connectivity index (χ0v) is 23.6. The summed E-state index contributed by atoms with van der Waals surface area (Å²) in [5.41, 5.74) is 3.01. The number of rotatable bonds is 17. The number of aromatic nitrogens is 1. The molecule has 0 spiro atoms. The van der Waals surface area contributed by atoms with E-state index in [1.54, 1.807) is 24.3 Å². The summed E-state index contributed by atoms with van der Waals surface area (Å²) in [6.45, 7) is 9.59. The van der Waals surface area contributed by atoms with Gasteiger partial charge in [-0.15, -0.1) is 5.11 Å². The summed E-state index contributed by atoms with van der Waals surface area (Å²) in [6.07, 6.45) is 7.59. The van der Waals surface area contributed by atoms with E-state index in [9.17, 15) is 20.0 Å². The van der Waals surface area contributed by atoms with Gasteiger partial charge in [0, 0.05) is 13.1 Å². The van der Waals surface area contributed by atoms with Crippen LogP contribution in [0.3, 0.4) is 0 Å². The van der Waals surface area contributed by atoms with Crippen LogP contribution in [0.25, 0.3) is 0 Å². The fourth-order valence-electron chi connectivity index (χ4n) is 3.87. The van der Waals surface area contributed by atoms with Crippen molar-refractivity contribution in [1.82, 2.24) is 4.68 Å². The highest BCUT2D eigenvalue weighted by atomic mass is 16.5. The van der Waals surface area contributed by atoms with Crippen LogP contribution in [0.1, 0.15) is 95.0 Å². The van der Waals surface area contributed by atoms with Gasteiger partial charge >= 0.3 is 11.5 Å². The predicted octanol–water partition coefficient (Wildman–Crippen LogP) is 6.77. The molecular formula is C29H42N6O4. The second-order valence-corrected chi connectivity index (χ2v) is 9.48. The number of esters is 1. The molecule has 10 nitrogen and oxygen atoms in total. The number of anilines is 1. The molecule has 10 heteroatoms. The van der Waals surface area contributed by atoms with Crippen molar-refractivity contribution < 1.29 is 14.6 Å². The molecule has 0 saturated heterocycles. The number of carbonyl (C=O) groups excluding carboxylic acids is 1. The van der Waals surface area contributed by atoms with Crippen LogP contribution in [0.2, 0.25) is 0 Å². The van der Waals surface area contributed by atoms with Crippen LogP contribution in [0.5, 0.6) is 5.88 Å². The number of carbonyl (C=O) groups is 1. The number of ether oxygens (including phenoxy) is 1. The van der Waals surface area contributed by atoms with E-state index in [0.29, 0.717) is 36.9 Å². The molecule has 1 atom stereocenters. The Kier molecular flexibility index (Phi) is 13.6. The van der Waals surface area contributed by atoms with Crippen LogP contribution < -0.4 is 16.3 Å². The Bertz CT molecular complexity index is 1180. The SMILES string of the molecule is CCCCNc1c(C#N)c(O)n(NCCCC)c(=O)c1N=Nc1ccc(C(=O)OCC(CC)CCCC)cc1. The molecule has 1 unspecified atom stereocenters. The van der Waals surface area contributed by atoms with E-state index < -0.39 is 17.4 Å². The third-order valence-electron chi connectivity index (χ3n) is 6.43. The van der Waals surface area contributed by atoms with Crippen molar-refractivity contribution >= 4 is 23.0 Å². The maximum atomic E-state index is 13.3. The van der Waals surface area contributed by atoms with Gasteiger partial charge in [-0.25, -0.2) is 4.79 Å². The average molecular weight is 539 g/mol. The van der Waals surface area contributed by atoms with E-state index >= 15 is 0 Å². The third kappa shape index (κ3) is 9.13. The number of nitriles is 1. The maximum Gasteiger partial charge on any atom is 0.338 e. The summed E-state index contributed by atoms with van der Waals surface area (Å²) in [7, 11) is 0. The fraction of sp³-hybridized carbons (Fsp3) is 0.552. The van der Waals surface area contributed by atoms with Crippen LogP contribution in [-0.4, -0.2) is 35.4 Å². The molecule has 0 radical (unpaired) electrons. The van der Waals surface area contributed by atoms with E-state index in [0.717, 1.165) is 56.0 Å². The molecular weight excluding hydrogens is 496 g/mol. The molecule has 1 heterocycles. The summed E-state index contributed by atoms with van der Waals surface area (Å²) < 4.78 is 6.45. The van der Waals surface area contributed by atoms with E-state index in [1.165, 1.54) is 0 Å². The van der Waals surface area contributed by atoms with E-state index in [-0.39, 0.29) is 16.9 Å². The Morgan fingerprint density at radius 3 is 2.33 bits per heavy atom. The first kappa shape index (κ1) is 31.3. The molecule has 3 N–H and O–H groups in total. The van der Waals surface area contributed by atoms with Crippen molar-refractivity contribution in [3.05, 3.63) is 45.7 Å². The van der Waals surface area contributed by atoms with Gasteiger partial charge in [0.05, 0.1) is 23.5 Å². The number of pyridine rings is 1. The van der Waals surface area contributed by atoms with Gasteiger partial charge in [-0.05, 0) is 49.4 Å². The monoisotopic (exact) mass is 538 g/mol. The Hall–Kier alpha value is -3.87. The molecule has 0 fully saturated rings. The van der Waals surface area contributed by atoms with E-state index in [2.05, 4.69) is 34.8 Å². The first-order valence-electron chi connectivity index (χ1n) is 14.0. The molecule has 0 bridgehead atoms. The van der Waals surface area contributed by atoms with Crippen LogP contribution in [-0.2, 0) is 4.74 Å². The molecule has 2 rings (SSSR count). The van der Waals surface area contributed by atoms with Crippen LogP contribution in [0, 0.1) is 17.2 Å². The smallest absolute Gasteiger partial charge is 0.338 e. The van der Waals surface area contributed by atoms with E-state index in [1.807, 2.05) is 19.9 Å². The number of benzene rings is 1. The van der Waals surface area contributed by atoms with Gasteiger partial charge in [-0.3, -0.25) is 4.79 Å². The molecule has 0 amide bonds. The molecule has 2 aromatic rings. The average Bonchev–Trinajstić information content (AvgIpc) is 2.95. The molecule has 0 aliphatic rings. The summed E-state index contributed by atoms with van der Waals surface area (Å²) in [5, 5.41) is 31.9. The van der Waals surface area contributed by atoms with Crippen molar-refractivity contribution in [3.63, 3.8) is 0 Å². The highest BCUT2D eigenvalue weighted by Gasteiger charge is 2.22. The highest BCUT2D eigenvalue weighted by Crippen LogP contribution is 2.32. The maximum absolute atomic E-state index is 13.3. The van der Waals surface area contributed by atoms with Crippen molar-refractivity contribution in [3.8, 4) is 11.9 Å². The fourth-order valence-corrected chi connectivity index (χ4v) is 3.87. The third-order valence-corrected chi connectivity index (χ3v) is 6.43. The van der Waals surface area contributed by atoms with E-state index in [4.69, 9.17) is 4.74 Å². The van der Waals surface area contributed by atoms with Gasteiger partial charge in [0.25, 0.3) is 0 Å². The van der Waals surface area contributed by atoms with Gasteiger partial charge in [0.1, 0.15) is 11.6 Å². The van der Waals surface area contributed by atoms with Gasteiger partial charge < -0.3 is 20.6 Å². The predicted molar refractivity (Wildman–Crippen MR) is 154 cm³/mol. The number of hydrogen-bond acceptors (Lipinski definition) is 9. The molecule has 212 valence electrons. The minimum Gasteiger partial charge on any atom is -0.492 e. The quantitative estimate of drug-likeness (QED) is 0.115. The number of aromatic hydroxyl groups is 1. The molecule has 1 aromatic carbocycles. The van der Waals surface area contributed by atoms with Gasteiger partial charge in [0.2, 0.25) is 5.88 Å². The summed E-state index contributed by atoms with van der Waals surface area (Å²) >= 11 is 0. The zero-order chi connectivity index (χ0) is 28.6. The second-order valence-electron chi connectivity index (χ2n) is 9.48. The van der Waals surface area contributed by atoms with Crippen molar-refractivity contribution in [1.29, 1.82) is 5.26 Å². The van der Waals surface area contributed by atoms with Gasteiger partial charge in [-0.2, -0.15) is 15.1 Å².